The number of nitrogens with one attached hydrogen (secondary N) is 1. The second-order valence-corrected chi connectivity index (χ2v) is 3.72. The zero-order chi connectivity index (χ0) is 9.83. The summed E-state index contributed by atoms with van der Waals surface area (Å²) in [5.41, 5.74) is -0.632. The molecule has 0 saturated heterocycles. The fourth-order valence-corrected chi connectivity index (χ4v) is 0.952. The molecule has 0 saturated carbocycles. The minimum absolute atomic E-state index is 0.296. The summed E-state index contributed by atoms with van der Waals surface area (Å²) in [6.45, 7) is 7.90. The van der Waals surface area contributed by atoms with E-state index in [1.807, 2.05) is 27.7 Å². The molecule has 0 aliphatic carbocycles. The quantitative estimate of drug-likeness (QED) is 0.625. The zero-order valence-electron chi connectivity index (χ0n) is 8.36. The van der Waals surface area contributed by atoms with E-state index < -0.39 is 0 Å². The predicted molar refractivity (Wildman–Crippen MR) is 53.6 cm³/mol. The monoisotopic (exact) mass is 163 g/mol. The average Bonchev–Trinajstić information content (AvgIpc) is 2.04. The van der Waals surface area contributed by atoms with Gasteiger partial charge in [0.2, 0.25) is 0 Å². The van der Waals surface area contributed by atoms with Crippen molar-refractivity contribution in [2.24, 2.45) is 0 Å². The van der Waals surface area contributed by atoms with Crippen LogP contribution in [0.5, 0.6) is 0 Å². The molecule has 12 heavy (non-hydrogen) atoms. The molecule has 0 rings (SSSR count). The van der Waals surface area contributed by atoms with E-state index >= 15 is 0 Å². The minimum Gasteiger partial charge on any atom is -0.286 e. The molecule has 0 spiro atoms. The van der Waals surface area contributed by atoms with Crippen LogP contribution >= 0.6 is 0 Å². The molecule has 0 aromatic rings. The maximum Gasteiger partial charge on any atom is 0.0778 e. The second-order valence-electron chi connectivity index (χ2n) is 3.72. The van der Waals surface area contributed by atoms with E-state index in [0.717, 1.165) is 6.42 Å². The average molecular weight is 163 g/mol. The molecule has 1 N–H and O–H groups in total. The fourth-order valence-electron chi connectivity index (χ4n) is 0.952. The maximum absolute atomic E-state index is 5.40. The van der Waals surface area contributed by atoms with Crippen LogP contribution in [0.15, 0.2) is 0 Å². The molecular formula is C11H17N. The maximum atomic E-state index is 5.40. The summed E-state index contributed by atoms with van der Waals surface area (Å²) in [7, 11) is 0. The third-order valence-corrected chi connectivity index (χ3v) is 1.97. The van der Waals surface area contributed by atoms with Crippen LogP contribution in [0.1, 0.15) is 34.1 Å². The van der Waals surface area contributed by atoms with E-state index in [1.165, 1.54) is 0 Å². The van der Waals surface area contributed by atoms with Gasteiger partial charge in [0.15, 0.2) is 0 Å². The Hall–Kier alpha value is -0.920. The molecule has 0 fully saturated rings. The molecule has 1 nitrogen and oxygen atoms in total. The van der Waals surface area contributed by atoms with Crippen LogP contribution in [0.2, 0.25) is 0 Å². The lowest BCUT2D eigenvalue weighted by Gasteiger charge is -2.32. The fraction of sp³-hybridized carbons (Fsp3) is 0.636. The first kappa shape index (κ1) is 11.1. The topological polar surface area (TPSA) is 12.0 Å². The Morgan fingerprint density at radius 3 is 1.92 bits per heavy atom. The van der Waals surface area contributed by atoms with Crippen LogP contribution in [0.25, 0.3) is 0 Å². The largest absolute Gasteiger partial charge is 0.286 e. The first-order valence-corrected chi connectivity index (χ1v) is 4.14. The molecule has 0 aliphatic rings. The zero-order valence-corrected chi connectivity index (χ0v) is 8.36. The highest BCUT2D eigenvalue weighted by molar-refractivity contribution is 5.17. The summed E-state index contributed by atoms with van der Waals surface area (Å²) in [5, 5.41) is 3.25. The van der Waals surface area contributed by atoms with Gasteiger partial charge in [-0.25, -0.2) is 0 Å². The van der Waals surface area contributed by atoms with Gasteiger partial charge in [0, 0.05) is 0 Å². The number of rotatable bonds is 3. The van der Waals surface area contributed by atoms with Gasteiger partial charge in [-0.3, -0.25) is 5.32 Å². The van der Waals surface area contributed by atoms with Crippen molar-refractivity contribution in [1.82, 2.24) is 5.32 Å². The number of hydrogen-bond acceptors (Lipinski definition) is 1. The van der Waals surface area contributed by atoms with Gasteiger partial charge in [-0.2, -0.15) is 0 Å². The Bertz CT molecular complexity index is 226. The van der Waals surface area contributed by atoms with E-state index in [2.05, 4.69) is 17.2 Å². The van der Waals surface area contributed by atoms with Gasteiger partial charge < -0.3 is 0 Å². The molecule has 0 radical (unpaired) electrons. The van der Waals surface area contributed by atoms with Gasteiger partial charge in [0.1, 0.15) is 0 Å². The van der Waals surface area contributed by atoms with Crippen molar-refractivity contribution in [2.45, 2.75) is 45.2 Å². The SMILES string of the molecule is C#CC(C)(C)NC(C)(C#C)CC. The standard InChI is InChI=1S/C11H17N/c1-7-10(4,5)12-11(6,8-2)9-3/h1-2,12H,9H2,3-6H3. The Morgan fingerprint density at radius 2 is 1.67 bits per heavy atom. The highest BCUT2D eigenvalue weighted by atomic mass is 15.0. The van der Waals surface area contributed by atoms with Crippen LogP contribution in [0.4, 0.5) is 0 Å². The third-order valence-electron chi connectivity index (χ3n) is 1.97. The van der Waals surface area contributed by atoms with Crippen molar-refractivity contribution < 1.29 is 0 Å². The van der Waals surface area contributed by atoms with Crippen molar-refractivity contribution in [3.8, 4) is 24.7 Å². The molecule has 1 unspecified atom stereocenters. The van der Waals surface area contributed by atoms with Crippen molar-refractivity contribution >= 4 is 0 Å². The summed E-state index contributed by atoms with van der Waals surface area (Å²) in [6.07, 6.45) is 11.6. The van der Waals surface area contributed by atoms with E-state index in [-0.39, 0.29) is 11.1 Å². The summed E-state index contributed by atoms with van der Waals surface area (Å²) in [5.74, 6) is 5.37. The van der Waals surface area contributed by atoms with Crippen LogP contribution < -0.4 is 5.32 Å². The molecule has 0 heterocycles. The molecule has 0 bridgehead atoms. The van der Waals surface area contributed by atoms with Gasteiger partial charge in [-0.05, 0) is 27.2 Å². The molecule has 0 aliphatic heterocycles. The lowest BCUT2D eigenvalue weighted by molar-refractivity contribution is 0.350. The van der Waals surface area contributed by atoms with Crippen LogP contribution in [0, 0.1) is 24.7 Å². The first-order chi connectivity index (χ1) is 5.39. The Morgan fingerprint density at radius 1 is 1.17 bits per heavy atom. The lowest BCUT2D eigenvalue weighted by atomic mass is 9.94. The molecule has 0 aromatic carbocycles. The minimum atomic E-state index is -0.336. The Balaban J connectivity index is 4.46. The molecule has 1 atom stereocenters. The molecule has 66 valence electrons. The van der Waals surface area contributed by atoms with E-state index in [1.54, 1.807) is 0 Å². The van der Waals surface area contributed by atoms with E-state index in [0.29, 0.717) is 0 Å². The summed E-state index contributed by atoms with van der Waals surface area (Å²) in [6, 6.07) is 0. The Labute approximate surface area is 75.9 Å². The van der Waals surface area contributed by atoms with Gasteiger partial charge in [-0.1, -0.05) is 18.8 Å². The van der Waals surface area contributed by atoms with Gasteiger partial charge in [0.25, 0.3) is 0 Å². The van der Waals surface area contributed by atoms with E-state index in [9.17, 15) is 0 Å². The molecular weight excluding hydrogens is 146 g/mol. The summed E-state index contributed by atoms with van der Waals surface area (Å²) < 4.78 is 0. The summed E-state index contributed by atoms with van der Waals surface area (Å²) in [4.78, 5) is 0. The van der Waals surface area contributed by atoms with Crippen molar-refractivity contribution in [3.63, 3.8) is 0 Å². The number of hydrogen-bond donors (Lipinski definition) is 1. The normalized spacial score (nSPS) is 15.8. The van der Waals surface area contributed by atoms with Gasteiger partial charge >= 0.3 is 0 Å². The smallest absolute Gasteiger partial charge is 0.0778 e. The van der Waals surface area contributed by atoms with Crippen molar-refractivity contribution in [3.05, 3.63) is 0 Å². The van der Waals surface area contributed by atoms with Crippen LogP contribution in [-0.2, 0) is 0 Å². The van der Waals surface area contributed by atoms with Crippen LogP contribution in [-0.4, -0.2) is 11.1 Å². The van der Waals surface area contributed by atoms with Gasteiger partial charge in [0.05, 0.1) is 11.1 Å². The first-order valence-electron chi connectivity index (χ1n) is 4.14. The Kier molecular flexibility index (Phi) is 3.37. The molecule has 0 amide bonds. The molecule has 0 aromatic heterocycles. The van der Waals surface area contributed by atoms with Crippen LogP contribution in [0.3, 0.4) is 0 Å². The summed E-state index contributed by atoms with van der Waals surface area (Å²) >= 11 is 0. The highest BCUT2D eigenvalue weighted by Crippen LogP contribution is 2.13. The van der Waals surface area contributed by atoms with Gasteiger partial charge in [-0.15, -0.1) is 12.8 Å². The second kappa shape index (κ2) is 3.65. The third kappa shape index (κ3) is 2.99. The van der Waals surface area contributed by atoms with E-state index in [4.69, 9.17) is 12.8 Å². The van der Waals surface area contributed by atoms with Crippen molar-refractivity contribution in [2.75, 3.05) is 0 Å². The predicted octanol–water partition coefficient (Wildman–Crippen LogP) is 1.79. The molecule has 1 heteroatoms. The highest BCUT2D eigenvalue weighted by Gasteiger charge is 2.26. The van der Waals surface area contributed by atoms with Crippen molar-refractivity contribution in [1.29, 1.82) is 0 Å². The lowest BCUT2D eigenvalue weighted by Crippen LogP contribution is -2.51. The number of terminal acetylenes is 2.